The second kappa shape index (κ2) is 17.6. The Kier molecular flexibility index (Phi) is 16.1. The van der Waals surface area contributed by atoms with Gasteiger partial charge in [0, 0.05) is 6.08 Å². The van der Waals surface area contributed by atoms with Crippen LogP contribution in [-0.2, 0) is 9.59 Å². The van der Waals surface area contributed by atoms with Gasteiger partial charge in [-0.05, 0) is 25.0 Å². The second-order valence-corrected chi connectivity index (χ2v) is 6.03. The van der Waals surface area contributed by atoms with Crippen molar-refractivity contribution in [3.8, 4) is 0 Å². The molecule has 4 nitrogen and oxygen atoms in total. The molecule has 0 aromatic rings. The monoisotopic (exact) mass is 360 g/mol. The quantitative estimate of drug-likeness (QED) is 0.247. The van der Waals surface area contributed by atoms with E-state index in [1.807, 2.05) is 0 Å². The van der Waals surface area contributed by atoms with Crippen LogP contribution in [0.25, 0.3) is 0 Å². The van der Waals surface area contributed by atoms with Crippen molar-refractivity contribution in [1.29, 1.82) is 0 Å². The number of hydrogen-bond acceptors (Lipinski definition) is 3. The third-order valence-corrected chi connectivity index (χ3v) is 3.60. The maximum Gasteiger partial charge on any atom is 0.327 e. The summed E-state index contributed by atoms with van der Waals surface area (Å²) in [5.74, 6) is -1.16. The molecule has 0 aromatic heterocycles. The lowest BCUT2D eigenvalue weighted by molar-refractivity contribution is -0.131. The van der Waals surface area contributed by atoms with Crippen LogP contribution in [0, 0.1) is 0 Å². The lowest BCUT2D eigenvalue weighted by Crippen LogP contribution is -2.01. The Bertz CT molecular complexity index is 524. The van der Waals surface area contributed by atoms with Crippen LogP contribution >= 0.6 is 0 Å². The molecule has 4 heteroatoms. The van der Waals surface area contributed by atoms with Gasteiger partial charge in [0.2, 0.25) is 0 Å². The Morgan fingerprint density at radius 1 is 0.846 bits per heavy atom. The highest BCUT2D eigenvalue weighted by atomic mass is 16.4. The molecule has 0 saturated carbocycles. The highest BCUT2D eigenvalue weighted by Crippen LogP contribution is 2.09. The van der Waals surface area contributed by atoms with Crippen LogP contribution in [0.1, 0.15) is 58.3 Å². The summed E-state index contributed by atoms with van der Waals surface area (Å²) in [5, 5.41) is 18.2. The number of carboxylic acids is 1. The summed E-state index contributed by atoms with van der Waals surface area (Å²) in [4.78, 5) is 21.7. The molecule has 0 aliphatic rings. The van der Waals surface area contributed by atoms with Gasteiger partial charge in [0.05, 0.1) is 6.10 Å². The summed E-state index contributed by atoms with van der Waals surface area (Å²) in [5.41, 5.74) is 0. The Labute approximate surface area is 157 Å². The maximum atomic E-state index is 11.5. The molecule has 0 rings (SSSR count). The summed E-state index contributed by atoms with van der Waals surface area (Å²) in [6.07, 6.45) is 23.7. The van der Waals surface area contributed by atoms with Gasteiger partial charge in [-0.15, -0.1) is 0 Å². The molecule has 0 spiro atoms. The van der Waals surface area contributed by atoms with Crippen LogP contribution in [0.5, 0.6) is 0 Å². The van der Waals surface area contributed by atoms with Crippen LogP contribution < -0.4 is 0 Å². The summed E-state index contributed by atoms with van der Waals surface area (Å²) in [6, 6.07) is 0. The first-order chi connectivity index (χ1) is 12.6. The molecule has 0 aromatic carbocycles. The predicted octanol–water partition coefficient (Wildman–Crippen LogP) is 4.92. The fourth-order valence-corrected chi connectivity index (χ4v) is 2.19. The fraction of sp³-hybridized carbons (Fsp3) is 0.455. The predicted molar refractivity (Wildman–Crippen MR) is 107 cm³/mol. The number of aliphatic hydroxyl groups is 1. The van der Waals surface area contributed by atoms with E-state index in [1.54, 1.807) is 36.5 Å². The molecule has 0 fully saturated rings. The van der Waals surface area contributed by atoms with E-state index >= 15 is 0 Å². The molecule has 1 unspecified atom stereocenters. The van der Waals surface area contributed by atoms with E-state index in [4.69, 9.17) is 5.11 Å². The SMILES string of the molecule is CCCCCCCCC(O)C=CC=CC=CC(=O)C=CCC=CC(=O)O. The van der Waals surface area contributed by atoms with E-state index in [2.05, 4.69) is 6.92 Å². The molecular formula is C22H32O4. The molecule has 0 amide bonds. The van der Waals surface area contributed by atoms with Crippen molar-refractivity contribution in [2.24, 2.45) is 0 Å². The zero-order chi connectivity index (χ0) is 19.5. The largest absolute Gasteiger partial charge is 0.478 e. The number of aliphatic hydroxyl groups excluding tert-OH is 1. The average molecular weight is 360 g/mol. The number of carboxylic acid groups (broad SMARTS) is 1. The van der Waals surface area contributed by atoms with Gasteiger partial charge < -0.3 is 10.2 Å². The van der Waals surface area contributed by atoms with Gasteiger partial charge in [-0.3, -0.25) is 4.79 Å². The Morgan fingerprint density at radius 2 is 1.50 bits per heavy atom. The van der Waals surface area contributed by atoms with Gasteiger partial charge in [-0.2, -0.15) is 0 Å². The van der Waals surface area contributed by atoms with E-state index in [9.17, 15) is 14.7 Å². The van der Waals surface area contributed by atoms with E-state index in [0.717, 1.165) is 18.9 Å². The minimum atomic E-state index is -1.00. The molecule has 0 radical (unpaired) electrons. The smallest absolute Gasteiger partial charge is 0.327 e. The molecule has 1 atom stereocenters. The van der Waals surface area contributed by atoms with Gasteiger partial charge in [-0.1, -0.05) is 88.0 Å². The van der Waals surface area contributed by atoms with E-state index in [-0.39, 0.29) is 5.78 Å². The number of carbonyl (C=O) groups is 2. The third-order valence-electron chi connectivity index (χ3n) is 3.60. The zero-order valence-electron chi connectivity index (χ0n) is 15.7. The van der Waals surface area contributed by atoms with Crippen molar-refractivity contribution in [1.82, 2.24) is 0 Å². The van der Waals surface area contributed by atoms with E-state index in [1.165, 1.54) is 50.3 Å². The molecule has 2 N–H and O–H groups in total. The van der Waals surface area contributed by atoms with Crippen LogP contribution in [0.15, 0.2) is 60.8 Å². The lowest BCUT2D eigenvalue weighted by atomic mass is 10.1. The van der Waals surface area contributed by atoms with Crippen LogP contribution in [-0.4, -0.2) is 28.1 Å². The number of aliphatic carboxylic acids is 1. The van der Waals surface area contributed by atoms with Crippen molar-refractivity contribution < 1.29 is 19.8 Å². The van der Waals surface area contributed by atoms with E-state index in [0.29, 0.717) is 6.42 Å². The number of ketones is 1. The lowest BCUT2D eigenvalue weighted by Gasteiger charge is -2.04. The molecule has 0 aliphatic carbocycles. The van der Waals surface area contributed by atoms with Crippen LogP contribution in [0.3, 0.4) is 0 Å². The molecule has 0 heterocycles. The minimum Gasteiger partial charge on any atom is -0.478 e. The summed E-state index contributed by atoms with van der Waals surface area (Å²) in [7, 11) is 0. The van der Waals surface area contributed by atoms with Crippen molar-refractivity contribution in [3.63, 3.8) is 0 Å². The summed E-state index contributed by atoms with van der Waals surface area (Å²) >= 11 is 0. The van der Waals surface area contributed by atoms with Crippen molar-refractivity contribution in [2.75, 3.05) is 0 Å². The Hall–Kier alpha value is -2.20. The van der Waals surface area contributed by atoms with Crippen molar-refractivity contribution in [3.05, 3.63) is 60.8 Å². The molecule has 0 aliphatic heterocycles. The van der Waals surface area contributed by atoms with Crippen molar-refractivity contribution in [2.45, 2.75) is 64.4 Å². The number of hydrogen-bond donors (Lipinski definition) is 2. The standard InChI is InChI=1S/C22H32O4/c1-2-3-4-5-6-10-15-20(23)16-11-7-8-12-17-21(24)18-13-9-14-19-22(25)26/h7-8,11-14,16-20,23H,2-6,9-10,15H2,1H3,(H,25,26). The number of carbonyl (C=O) groups excluding carboxylic acids is 1. The number of unbranched alkanes of at least 4 members (excludes halogenated alkanes) is 5. The van der Waals surface area contributed by atoms with Crippen LogP contribution in [0.2, 0.25) is 0 Å². The molecular weight excluding hydrogens is 328 g/mol. The first-order valence-electron chi connectivity index (χ1n) is 9.35. The minimum absolute atomic E-state index is 0.162. The number of allylic oxidation sites excluding steroid dienone is 8. The van der Waals surface area contributed by atoms with Gasteiger partial charge >= 0.3 is 5.97 Å². The second-order valence-electron chi connectivity index (χ2n) is 6.03. The average Bonchev–Trinajstić information content (AvgIpc) is 2.60. The first-order valence-corrected chi connectivity index (χ1v) is 9.35. The van der Waals surface area contributed by atoms with Gasteiger partial charge in [0.25, 0.3) is 0 Å². The summed E-state index contributed by atoms with van der Waals surface area (Å²) < 4.78 is 0. The molecule has 0 bridgehead atoms. The maximum absolute atomic E-state index is 11.5. The molecule has 26 heavy (non-hydrogen) atoms. The highest BCUT2D eigenvalue weighted by Gasteiger charge is 1.97. The highest BCUT2D eigenvalue weighted by molar-refractivity contribution is 5.99. The molecule has 0 saturated heterocycles. The number of rotatable bonds is 15. The normalized spacial score (nSPS) is 13.8. The Balaban J connectivity index is 3.86. The Morgan fingerprint density at radius 3 is 2.23 bits per heavy atom. The first kappa shape index (κ1) is 23.8. The zero-order valence-corrected chi connectivity index (χ0v) is 15.7. The van der Waals surface area contributed by atoms with Crippen molar-refractivity contribution >= 4 is 11.8 Å². The summed E-state index contributed by atoms with van der Waals surface area (Å²) in [6.45, 7) is 2.20. The van der Waals surface area contributed by atoms with Crippen LogP contribution in [0.4, 0.5) is 0 Å². The van der Waals surface area contributed by atoms with E-state index < -0.39 is 12.1 Å². The third kappa shape index (κ3) is 18.1. The topological polar surface area (TPSA) is 74.6 Å². The molecule has 144 valence electrons. The van der Waals surface area contributed by atoms with Gasteiger partial charge in [0.1, 0.15) is 0 Å². The van der Waals surface area contributed by atoms with Gasteiger partial charge in [-0.25, -0.2) is 4.79 Å². The fourth-order valence-electron chi connectivity index (χ4n) is 2.19. The van der Waals surface area contributed by atoms with Gasteiger partial charge in [0.15, 0.2) is 5.78 Å².